The van der Waals surface area contributed by atoms with Gasteiger partial charge < -0.3 is 10.6 Å². The zero-order valence-electron chi connectivity index (χ0n) is 11.3. The number of aliphatic imine (C=N–C) groups is 1. The van der Waals surface area contributed by atoms with Crippen LogP contribution in [-0.2, 0) is 6.54 Å². The Kier molecular flexibility index (Phi) is 4.49. The van der Waals surface area contributed by atoms with Crippen molar-refractivity contribution in [2.75, 3.05) is 7.05 Å². The Balaban J connectivity index is 2.58. The average molecular weight is 234 g/mol. The van der Waals surface area contributed by atoms with Gasteiger partial charge in [0.2, 0.25) is 0 Å². The molecule has 94 valence electrons. The highest BCUT2D eigenvalue weighted by Crippen LogP contribution is 2.03. The number of nitrogens with one attached hydrogen (secondary N) is 2. The van der Waals surface area contributed by atoms with Crippen LogP contribution in [0.25, 0.3) is 0 Å². The molecule has 0 amide bonds. The fourth-order valence-electron chi connectivity index (χ4n) is 1.41. The first-order valence-corrected chi connectivity index (χ1v) is 5.82. The summed E-state index contributed by atoms with van der Waals surface area (Å²) in [4.78, 5) is 8.52. The van der Waals surface area contributed by atoms with Crippen molar-refractivity contribution >= 4 is 5.96 Å². The van der Waals surface area contributed by atoms with Crippen molar-refractivity contribution in [3.63, 3.8) is 0 Å². The third kappa shape index (κ3) is 4.85. The second-order valence-electron chi connectivity index (χ2n) is 5.07. The van der Waals surface area contributed by atoms with Crippen LogP contribution in [0.15, 0.2) is 23.3 Å². The van der Waals surface area contributed by atoms with Crippen LogP contribution in [-0.4, -0.2) is 23.5 Å². The molecule has 4 nitrogen and oxygen atoms in total. The van der Waals surface area contributed by atoms with E-state index >= 15 is 0 Å². The minimum Gasteiger partial charge on any atom is -0.352 e. The summed E-state index contributed by atoms with van der Waals surface area (Å²) in [7, 11) is 1.77. The van der Waals surface area contributed by atoms with Gasteiger partial charge in [-0.1, -0.05) is 6.07 Å². The molecule has 0 aliphatic rings. The third-order valence-corrected chi connectivity index (χ3v) is 2.26. The highest BCUT2D eigenvalue weighted by Gasteiger charge is 2.11. The Labute approximate surface area is 104 Å². The van der Waals surface area contributed by atoms with Gasteiger partial charge in [0.05, 0.1) is 12.2 Å². The molecule has 0 bridgehead atoms. The molecule has 0 fully saturated rings. The van der Waals surface area contributed by atoms with Crippen LogP contribution in [0.5, 0.6) is 0 Å². The summed E-state index contributed by atoms with van der Waals surface area (Å²) in [6.45, 7) is 9.05. The van der Waals surface area contributed by atoms with E-state index in [2.05, 4.69) is 54.4 Å². The molecule has 0 saturated carbocycles. The van der Waals surface area contributed by atoms with Crippen molar-refractivity contribution < 1.29 is 0 Å². The van der Waals surface area contributed by atoms with Crippen molar-refractivity contribution in [1.29, 1.82) is 0 Å². The monoisotopic (exact) mass is 234 g/mol. The molecule has 1 heterocycles. The predicted molar refractivity (Wildman–Crippen MR) is 72.1 cm³/mol. The maximum Gasteiger partial charge on any atom is 0.191 e. The smallest absolute Gasteiger partial charge is 0.191 e. The van der Waals surface area contributed by atoms with Crippen LogP contribution in [0.1, 0.15) is 32.0 Å². The second-order valence-corrected chi connectivity index (χ2v) is 5.07. The van der Waals surface area contributed by atoms with E-state index in [1.54, 1.807) is 7.05 Å². The molecular formula is C13H22N4. The first-order chi connectivity index (χ1) is 7.92. The molecule has 0 atom stereocenters. The van der Waals surface area contributed by atoms with Crippen LogP contribution >= 0.6 is 0 Å². The number of nitrogens with zero attached hydrogens (tertiary/aromatic N) is 2. The third-order valence-electron chi connectivity index (χ3n) is 2.26. The minimum atomic E-state index is 0.000996. The first-order valence-electron chi connectivity index (χ1n) is 5.82. The van der Waals surface area contributed by atoms with Gasteiger partial charge in [-0.25, -0.2) is 0 Å². The molecule has 1 rings (SSSR count). The summed E-state index contributed by atoms with van der Waals surface area (Å²) in [6.07, 6.45) is 1.81. The van der Waals surface area contributed by atoms with Gasteiger partial charge in [0.1, 0.15) is 0 Å². The maximum atomic E-state index is 4.34. The second kappa shape index (κ2) is 5.66. The standard InChI is InChI=1S/C13H22N4/c1-10-7-6-8-15-11(10)9-16-12(14-5)17-13(2,3)4/h6-8H,9H2,1-5H3,(H2,14,16,17). The van der Waals surface area contributed by atoms with Crippen molar-refractivity contribution in [2.24, 2.45) is 4.99 Å². The van der Waals surface area contributed by atoms with Gasteiger partial charge in [-0.05, 0) is 39.3 Å². The average Bonchev–Trinajstić information content (AvgIpc) is 2.24. The van der Waals surface area contributed by atoms with Gasteiger partial charge >= 0.3 is 0 Å². The maximum absolute atomic E-state index is 4.34. The molecule has 1 aromatic rings. The van der Waals surface area contributed by atoms with Crippen molar-refractivity contribution in [2.45, 2.75) is 39.8 Å². The van der Waals surface area contributed by atoms with E-state index in [9.17, 15) is 0 Å². The topological polar surface area (TPSA) is 49.3 Å². The molecule has 0 aliphatic heterocycles. The molecule has 2 N–H and O–H groups in total. The Morgan fingerprint density at radius 3 is 2.65 bits per heavy atom. The highest BCUT2D eigenvalue weighted by atomic mass is 15.2. The molecule has 0 saturated heterocycles. The predicted octanol–water partition coefficient (Wildman–Crippen LogP) is 1.85. The lowest BCUT2D eigenvalue weighted by atomic mass is 10.1. The van der Waals surface area contributed by atoms with Crippen LogP contribution in [0.3, 0.4) is 0 Å². The van der Waals surface area contributed by atoms with E-state index in [4.69, 9.17) is 0 Å². The molecule has 4 heteroatoms. The van der Waals surface area contributed by atoms with Gasteiger partial charge in [0.15, 0.2) is 5.96 Å². The Morgan fingerprint density at radius 1 is 1.41 bits per heavy atom. The lowest BCUT2D eigenvalue weighted by Gasteiger charge is -2.23. The van der Waals surface area contributed by atoms with E-state index < -0.39 is 0 Å². The number of hydrogen-bond acceptors (Lipinski definition) is 2. The molecule has 0 spiro atoms. The van der Waals surface area contributed by atoms with E-state index in [1.807, 2.05) is 12.3 Å². The molecule has 0 radical (unpaired) electrons. The zero-order valence-corrected chi connectivity index (χ0v) is 11.3. The van der Waals surface area contributed by atoms with E-state index in [0.717, 1.165) is 11.7 Å². The van der Waals surface area contributed by atoms with Crippen molar-refractivity contribution in [3.05, 3.63) is 29.6 Å². The lowest BCUT2D eigenvalue weighted by Crippen LogP contribution is -2.47. The summed E-state index contributed by atoms with van der Waals surface area (Å²) >= 11 is 0. The molecule has 0 aromatic carbocycles. The van der Waals surface area contributed by atoms with E-state index in [0.29, 0.717) is 6.54 Å². The van der Waals surface area contributed by atoms with Crippen LogP contribution in [0.4, 0.5) is 0 Å². The Bertz CT molecular complexity index is 391. The summed E-state index contributed by atoms with van der Waals surface area (Å²) in [6, 6.07) is 4.00. The number of guanidine groups is 1. The summed E-state index contributed by atoms with van der Waals surface area (Å²) in [5.41, 5.74) is 2.23. The Morgan fingerprint density at radius 2 is 2.12 bits per heavy atom. The first kappa shape index (κ1) is 13.5. The SMILES string of the molecule is CN=C(NCc1ncccc1C)NC(C)(C)C. The molecule has 1 aromatic heterocycles. The summed E-state index contributed by atoms with van der Waals surface area (Å²) < 4.78 is 0. The fraction of sp³-hybridized carbons (Fsp3) is 0.538. The van der Waals surface area contributed by atoms with Gasteiger partial charge in [-0.3, -0.25) is 9.98 Å². The summed E-state index contributed by atoms with van der Waals surface area (Å²) in [5.74, 6) is 0.794. The minimum absolute atomic E-state index is 0.000996. The fourth-order valence-corrected chi connectivity index (χ4v) is 1.41. The summed E-state index contributed by atoms with van der Waals surface area (Å²) in [5, 5.41) is 6.57. The number of aryl methyl sites for hydroxylation is 1. The van der Waals surface area contributed by atoms with Gasteiger partial charge in [-0.2, -0.15) is 0 Å². The van der Waals surface area contributed by atoms with Crippen LogP contribution < -0.4 is 10.6 Å². The highest BCUT2D eigenvalue weighted by molar-refractivity contribution is 5.80. The normalized spacial score (nSPS) is 12.4. The number of hydrogen-bond donors (Lipinski definition) is 2. The van der Waals surface area contributed by atoms with E-state index in [-0.39, 0.29) is 5.54 Å². The zero-order chi connectivity index (χ0) is 12.9. The largest absolute Gasteiger partial charge is 0.352 e. The molecule has 0 aliphatic carbocycles. The quantitative estimate of drug-likeness (QED) is 0.606. The lowest BCUT2D eigenvalue weighted by molar-refractivity contribution is 0.501. The number of rotatable bonds is 2. The van der Waals surface area contributed by atoms with Crippen molar-refractivity contribution in [3.8, 4) is 0 Å². The van der Waals surface area contributed by atoms with Crippen molar-refractivity contribution in [1.82, 2.24) is 15.6 Å². The van der Waals surface area contributed by atoms with Crippen LogP contribution in [0.2, 0.25) is 0 Å². The molecule has 17 heavy (non-hydrogen) atoms. The molecule has 0 unspecified atom stereocenters. The van der Waals surface area contributed by atoms with Gasteiger partial charge in [0.25, 0.3) is 0 Å². The van der Waals surface area contributed by atoms with Gasteiger partial charge in [0, 0.05) is 18.8 Å². The molecular weight excluding hydrogens is 212 g/mol. The van der Waals surface area contributed by atoms with E-state index in [1.165, 1.54) is 5.56 Å². The number of aromatic nitrogens is 1. The van der Waals surface area contributed by atoms with Gasteiger partial charge in [-0.15, -0.1) is 0 Å². The Hall–Kier alpha value is -1.58. The number of pyridine rings is 1. The van der Waals surface area contributed by atoms with Crippen LogP contribution in [0, 0.1) is 6.92 Å².